The van der Waals surface area contributed by atoms with Crippen molar-refractivity contribution in [3.8, 4) is 45.1 Å². The van der Waals surface area contributed by atoms with Gasteiger partial charge in [0.2, 0.25) is 0 Å². The van der Waals surface area contributed by atoms with Crippen molar-refractivity contribution in [2.24, 2.45) is 0 Å². The number of hydrogen-bond acceptors (Lipinski definition) is 4. The van der Waals surface area contributed by atoms with Gasteiger partial charge in [-0.25, -0.2) is 0 Å². The Hall–Kier alpha value is -3.28. The van der Waals surface area contributed by atoms with Crippen LogP contribution in [0.15, 0.2) is 73.1 Å². The number of rotatable bonds is 8. The van der Waals surface area contributed by atoms with Gasteiger partial charge in [0.25, 0.3) is 0 Å². The third-order valence-electron chi connectivity index (χ3n) is 5.22. The van der Waals surface area contributed by atoms with E-state index in [-0.39, 0.29) is 0 Å². The van der Waals surface area contributed by atoms with Gasteiger partial charge in [-0.3, -0.25) is 4.98 Å². The number of nitrogens with one attached hydrogen (secondary N) is 1. The minimum absolute atomic E-state index is 0.582. The molecule has 0 unspecified atom stereocenters. The van der Waals surface area contributed by atoms with Crippen LogP contribution in [0.1, 0.15) is 0 Å². The minimum atomic E-state index is 0.582. The fourth-order valence-electron chi connectivity index (χ4n) is 3.49. The average molecular weight is 448 g/mol. The molecule has 4 rings (SSSR count). The number of nitrogens with zero attached hydrogens (tertiary/aromatic N) is 2. The molecule has 0 fully saturated rings. The van der Waals surface area contributed by atoms with Crippen molar-refractivity contribution in [2.45, 2.75) is 0 Å². The van der Waals surface area contributed by atoms with Crippen molar-refractivity contribution in [3.05, 3.63) is 78.1 Å². The van der Waals surface area contributed by atoms with Crippen LogP contribution in [0.4, 0.5) is 0 Å². The summed E-state index contributed by atoms with van der Waals surface area (Å²) in [6, 6.07) is 20.1. The lowest BCUT2D eigenvalue weighted by Gasteiger charge is -2.11. The Bertz CT molecular complexity index is 1170. The first kappa shape index (κ1) is 21.9. The number of halogens is 1. The molecular weight excluding hydrogens is 422 g/mol. The van der Waals surface area contributed by atoms with E-state index in [0.717, 1.165) is 45.9 Å². The van der Waals surface area contributed by atoms with Crippen molar-refractivity contribution < 1.29 is 9.47 Å². The molecule has 0 aliphatic carbocycles. The van der Waals surface area contributed by atoms with Gasteiger partial charge in [0, 0.05) is 35.8 Å². The highest BCUT2D eigenvalue weighted by Gasteiger charge is 2.15. The van der Waals surface area contributed by atoms with Crippen molar-refractivity contribution in [1.29, 1.82) is 0 Å². The Morgan fingerprint density at radius 1 is 0.906 bits per heavy atom. The van der Waals surface area contributed by atoms with Gasteiger partial charge in [-0.15, -0.1) is 0 Å². The molecule has 32 heavy (non-hydrogen) atoms. The molecular formula is C26H26ClN3O2. The second-order valence-corrected chi connectivity index (χ2v) is 8.14. The molecule has 0 aliphatic rings. The summed E-state index contributed by atoms with van der Waals surface area (Å²) in [6.45, 7) is 1.53. The summed E-state index contributed by atoms with van der Waals surface area (Å²) in [5, 5.41) is 0.582. The number of aromatic nitrogens is 2. The molecule has 0 spiro atoms. The van der Waals surface area contributed by atoms with Gasteiger partial charge in [0.05, 0.1) is 17.8 Å². The van der Waals surface area contributed by atoms with Gasteiger partial charge >= 0.3 is 0 Å². The number of hydrogen-bond donors (Lipinski definition) is 1. The predicted molar refractivity (Wildman–Crippen MR) is 131 cm³/mol. The minimum Gasteiger partial charge on any atom is -0.495 e. The predicted octanol–water partition coefficient (Wildman–Crippen LogP) is 6.01. The Kier molecular flexibility index (Phi) is 6.78. The molecule has 0 aliphatic heterocycles. The molecule has 2 heterocycles. The smallest absolute Gasteiger partial charge is 0.138 e. The summed E-state index contributed by atoms with van der Waals surface area (Å²) in [4.78, 5) is 9.85. The molecule has 4 aromatic rings. The van der Waals surface area contributed by atoms with E-state index in [1.165, 1.54) is 0 Å². The molecule has 0 saturated carbocycles. The highest BCUT2D eigenvalue weighted by molar-refractivity contribution is 6.32. The van der Waals surface area contributed by atoms with Crippen LogP contribution >= 0.6 is 11.6 Å². The summed E-state index contributed by atoms with van der Waals surface area (Å²) < 4.78 is 11.3. The van der Waals surface area contributed by atoms with Crippen LogP contribution < -0.4 is 9.47 Å². The van der Waals surface area contributed by atoms with Gasteiger partial charge in [0.1, 0.15) is 18.1 Å². The van der Waals surface area contributed by atoms with E-state index < -0.39 is 0 Å². The molecule has 2 aromatic heterocycles. The number of benzene rings is 2. The van der Waals surface area contributed by atoms with Crippen LogP contribution in [-0.4, -0.2) is 49.2 Å². The molecule has 0 saturated heterocycles. The van der Waals surface area contributed by atoms with Crippen LogP contribution in [0, 0.1) is 0 Å². The molecule has 2 aromatic carbocycles. The number of likely N-dealkylation sites (N-methyl/N-ethyl adjacent to an activating group) is 1. The first-order chi connectivity index (χ1) is 15.5. The normalized spacial score (nSPS) is 11.0. The molecule has 0 atom stereocenters. The molecule has 0 bridgehead atoms. The number of methoxy groups -OCH3 is 1. The van der Waals surface area contributed by atoms with Crippen LogP contribution in [0.25, 0.3) is 33.6 Å². The van der Waals surface area contributed by atoms with E-state index >= 15 is 0 Å². The summed E-state index contributed by atoms with van der Waals surface area (Å²) in [5.74, 6) is 1.50. The van der Waals surface area contributed by atoms with Crippen molar-refractivity contribution in [2.75, 3.05) is 34.4 Å². The zero-order chi connectivity index (χ0) is 22.5. The monoisotopic (exact) mass is 447 g/mol. The third kappa shape index (κ3) is 4.96. The summed E-state index contributed by atoms with van der Waals surface area (Å²) in [6.07, 6.45) is 3.60. The van der Waals surface area contributed by atoms with Gasteiger partial charge in [-0.1, -0.05) is 17.7 Å². The number of H-pyrrole nitrogens is 1. The fourth-order valence-corrected chi connectivity index (χ4v) is 3.68. The van der Waals surface area contributed by atoms with E-state index in [1.54, 1.807) is 19.5 Å². The van der Waals surface area contributed by atoms with Crippen molar-refractivity contribution in [1.82, 2.24) is 14.9 Å². The highest BCUT2D eigenvalue weighted by Crippen LogP contribution is 2.38. The van der Waals surface area contributed by atoms with Gasteiger partial charge in [-0.2, -0.15) is 0 Å². The first-order valence-electron chi connectivity index (χ1n) is 10.4. The van der Waals surface area contributed by atoms with Crippen LogP contribution in [0.5, 0.6) is 11.5 Å². The quantitative estimate of drug-likeness (QED) is 0.359. The van der Waals surface area contributed by atoms with Crippen LogP contribution in [-0.2, 0) is 0 Å². The summed E-state index contributed by atoms with van der Waals surface area (Å²) >= 11 is 6.25. The largest absolute Gasteiger partial charge is 0.495 e. The number of pyridine rings is 1. The molecule has 0 radical (unpaired) electrons. The van der Waals surface area contributed by atoms with Gasteiger partial charge in [0.15, 0.2) is 0 Å². The summed E-state index contributed by atoms with van der Waals surface area (Å²) in [7, 11) is 5.69. The number of ether oxygens (including phenoxy) is 2. The lowest BCUT2D eigenvalue weighted by atomic mass is 10.0. The zero-order valence-electron chi connectivity index (χ0n) is 18.4. The SMILES string of the molecule is COc1cc(-c2[nH]c(-c3ccc(OCCN(C)C)cc3)cc2-c2ccncc2)ccc1Cl. The first-order valence-corrected chi connectivity index (χ1v) is 10.8. The summed E-state index contributed by atoms with van der Waals surface area (Å²) in [5.41, 5.74) is 6.24. The Labute approximate surface area is 193 Å². The van der Waals surface area contributed by atoms with E-state index in [1.807, 2.05) is 56.6 Å². The van der Waals surface area contributed by atoms with E-state index in [9.17, 15) is 0 Å². The second kappa shape index (κ2) is 9.90. The van der Waals surface area contributed by atoms with E-state index in [0.29, 0.717) is 17.4 Å². The second-order valence-electron chi connectivity index (χ2n) is 7.73. The zero-order valence-corrected chi connectivity index (χ0v) is 19.2. The number of aromatic amines is 1. The van der Waals surface area contributed by atoms with Gasteiger partial charge < -0.3 is 19.4 Å². The third-order valence-corrected chi connectivity index (χ3v) is 5.53. The van der Waals surface area contributed by atoms with Crippen molar-refractivity contribution >= 4 is 11.6 Å². The van der Waals surface area contributed by atoms with Crippen molar-refractivity contribution in [3.63, 3.8) is 0 Å². The molecule has 6 heteroatoms. The van der Waals surface area contributed by atoms with Gasteiger partial charge in [-0.05, 0) is 79.8 Å². The van der Waals surface area contributed by atoms with E-state index in [2.05, 4.69) is 33.1 Å². The average Bonchev–Trinajstić information content (AvgIpc) is 3.26. The fraction of sp³-hybridized carbons (Fsp3) is 0.192. The van der Waals surface area contributed by atoms with E-state index in [4.69, 9.17) is 21.1 Å². The maximum Gasteiger partial charge on any atom is 0.138 e. The van der Waals surface area contributed by atoms with Crippen LogP contribution in [0.3, 0.4) is 0 Å². The topological polar surface area (TPSA) is 50.4 Å². The Balaban J connectivity index is 1.70. The molecule has 0 amide bonds. The lowest BCUT2D eigenvalue weighted by Crippen LogP contribution is -2.19. The molecule has 164 valence electrons. The molecule has 1 N–H and O–H groups in total. The molecule has 5 nitrogen and oxygen atoms in total. The Morgan fingerprint density at radius 3 is 2.31 bits per heavy atom. The Morgan fingerprint density at radius 2 is 1.62 bits per heavy atom. The highest BCUT2D eigenvalue weighted by atomic mass is 35.5. The maximum atomic E-state index is 6.25. The standard InChI is InChI=1S/C26H26ClN3O2/c1-30(2)14-15-32-21-7-4-19(5-8-21)24-17-22(18-10-12-28-13-11-18)26(29-24)20-6-9-23(27)25(16-20)31-3/h4-13,16-17,29H,14-15H2,1-3H3. The maximum absolute atomic E-state index is 6.25. The lowest BCUT2D eigenvalue weighted by molar-refractivity contribution is 0.261. The van der Waals surface area contributed by atoms with Crippen LogP contribution in [0.2, 0.25) is 5.02 Å².